The average molecular weight is 259 g/mol. The number of carboxylic acids is 2. The van der Waals surface area contributed by atoms with Gasteiger partial charge in [0, 0.05) is 0 Å². The fraction of sp³-hybridized carbons (Fsp3) is 0.846. The molecule has 2 atom stereocenters. The molecule has 0 aliphatic carbocycles. The van der Waals surface area contributed by atoms with Gasteiger partial charge < -0.3 is 15.5 Å². The third-order valence-corrected chi connectivity index (χ3v) is 3.96. The Bertz CT molecular complexity index is 287. The molecule has 1 unspecified atom stereocenters. The standard InChI is InChI=1S/C13H25NO4/c1-5-13(4,6-2)7-8-14-10(12(17)18)9(3)11(15)16/h9-10,14H,5-8H2,1-4H3,(H,15,16)(H,17,18)/t9?,10-/m0/s1. The van der Waals surface area contributed by atoms with E-state index in [4.69, 9.17) is 10.2 Å². The van der Waals surface area contributed by atoms with Gasteiger partial charge in [0.25, 0.3) is 0 Å². The first-order valence-electron chi connectivity index (χ1n) is 6.46. The van der Waals surface area contributed by atoms with Crippen LogP contribution in [0.5, 0.6) is 0 Å². The SMILES string of the molecule is CCC(C)(CC)CCN[C@H](C(=O)O)C(C)C(=O)O. The molecule has 5 heteroatoms. The summed E-state index contributed by atoms with van der Waals surface area (Å²) in [6.45, 7) is 8.31. The Balaban J connectivity index is 4.38. The summed E-state index contributed by atoms with van der Waals surface area (Å²) in [6.07, 6.45) is 2.89. The molecule has 3 N–H and O–H groups in total. The summed E-state index contributed by atoms with van der Waals surface area (Å²) in [5.41, 5.74) is 0.183. The van der Waals surface area contributed by atoms with Crippen molar-refractivity contribution in [3.63, 3.8) is 0 Å². The lowest BCUT2D eigenvalue weighted by atomic mass is 9.81. The predicted molar refractivity (Wildman–Crippen MR) is 69.5 cm³/mol. The minimum absolute atomic E-state index is 0.183. The van der Waals surface area contributed by atoms with Crippen LogP contribution in [0, 0.1) is 11.3 Å². The zero-order valence-corrected chi connectivity index (χ0v) is 11.7. The number of rotatable bonds is 9. The van der Waals surface area contributed by atoms with Gasteiger partial charge in [0.15, 0.2) is 0 Å². The van der Waals surface area contributed by atoms with Gasteiger partial charge in [-0.3, -0.25) is 9.59 Å². The van der Waals surface area contributed by atoms with Crippen LogP contribution >= 0.6 is 0 Å². The Morgan fingerprint density at radius 1 is 1.17 bits per heavy atom. The van der Waals surface area contributed by atoms with Gasteiger partial charge in [-0.15, -0.1) is 0 Å². The highest BCUT2D eigenvalue weighted by Crippen LogP contribution is 2.28. The van der Waals surface area contributed by atoms with E-state index in [1.807, 2.05) is 0 Å². The summed E-state index contributed by atoms with van der Waals surface area (Å²) in [5, 5.41) is 20.7. The molecule has 0 aromatic heterocycles. The van der Waals surface area contributed by atoms with E-state index in [-0.39, 0.29) is 5.41 Å². The number of hydrogen-bond acceptors (Lipinski definition) is 3. The normalized spacial score (nSPS) is 15.1. The Labute approximate surface area is 109 Å². The highest BCUT2D eigenvalue weighted by Gasteiger charge is 2.30. The molecular weight excluding hydrogens is 234 g/mol. The minimum Gasteiger partial charge on any atom is -0.481 e. The van der Waals surface area contributed by atoms with Gasteiger partial charge in [0.1, 0.15) is 6.04 Å². The Morgan fingerprint density at radius 3 is 2.00 bits per heavy atom. The van der Waals surface area contributed by atoms with E-state index in [0.29, 0.717) is 6.54 Å². The van der Waals surface area contributed by atoms with Crippen molar-refractivity contribution >= 4 is 11.9 Å². The molecule has 0 amide bonds. The topological polar surface area (TPSA) is 86.6 Å². The van der Waals surface area contributed by atoms with E-state index in [1.54, 1.807) is 0 Å². The number of hydrogen-bond donors (Lipinski definition) is 3. The molecule has 0 fully saturated rings. The second-order valence-corrected chi connectivity index (χ2v) is 5.16. The molecule has 106 valence electrons. The quantitative estimate of drug-likeness (QED) is 0.589. The van der Waals surface area contributed by atoms with Gasteiger partial charge >= 0.3 is 11.9 Å². The van der Waals surface area contributed by atoms with Crippen LogP contribution in [0.15, 0.2) is 0 Å². The van der Waals surface area contributed by atoms with Crippen LogP contribution in [0.3, 0.4) is 0 Å². The lowest BCUT2D eigenvalue weighted by Crippen LogP contribution is -2.45. The summed E-state index contributed by atoms with van der Waals surface area (Å²) in [5.74, 6) is -3.14. The molecule has 0 radical (unpaired) electrons. The molecule has 0 bridgehead atoms. The Kier molecular flexibility index (Phi) is 6.91. The Morgan fingerprint density at radius 2 is 1.67 bits per heavy atom. The Hall–Kier alpha value is -1.10. The summed E-state index contributed by atoms with van der Waals surface area (Å²) in [4.78, 5) is 21.8. The lowest BCUT2D eigenvalue weighted by Gasteiger charge is -2.28. The maximum absolute atomic E-state index is 11.0. The van der Waals surface area contributed by atoms with Gasteiger partial charge in [-0.1, -0.05) is 33.6 Å². The van der Waals surface area contributed by atoms with Crippen molar-refractivity contribution in [2.75, 3.05) is 6.54 Å². The van der Waals surface area contributed by atoms with Crippen LogP contribution in [0.2, 0.25) is 0 Å². The summed E-state index contributed by atoms with van der Waals surface area (Å²) in [7, 11) is 0. The van der Waals surface area contributed by atoms with Crippen molar-refractivity contribution < 1.29 is 19.8 Å². The third kappa shape index (κ3) is 5.04. The fourth-order valence-electron chi connectivity index (χ4n) is 1.75. The minimum atomic E-state index is -1.11. The van der Waals surface area contributed by atoms with E-state index in [0.717, 1.165) is 19.3 Å². The molecule has 0 aliphatic heterocycles. The molecule has 0 spiro atoms. The molecular formula is C13H25NO4. The van der Waals surface area contributed by atoms with Gasteiger partial charge in [-0.25, -0.2) is 0 Å². The molecule has 0 rings (SSSR count). The molecule has 0 aromatic carbocycles. The van der Waals surface area contributed by atoms with Crippen LogP contribution in [0.25, 0.3) is 0 Å². The van der Waals surface area contributed by atoms with Crippen LogP contribution < -0.4 is 5.32 Å². The number of carboxylic acid groups (broad SMARTS) is 2. The molecule has 0 saturated heterocycles. The second kappa shape index (κ2) is 7.36. The predicted octanol–water partition coefficient (Wildman–Crippen LogP) is 1.97. The maximum Gasteiger partial charge on any atom is 0.321 e. The van der Waals surface area contributed by atoms with Crippen molar-refractivity contribution in [3.8, 4) is 0 Å². The van der Waals surface area contributed by atoms with Gasteiger partial charge in [0.2, 0.25) is 0 Å². The first-order chi connectivity index (χ1) is 8.27. The summed E-state index contributed by atoms with van der Waals surface area (Å²) >= 11 is 0. The van der Waals surface area contributed by atoms with E-state index in [9.17, 15) is 9.59 Å². The first-order valence-corrected chi connectivity index (χ1v) is 6.46. The summed E-state index contributed by atoms with van der Waals surface area (Å²) in [6, 6.07) is -1.03. The molecule has 5 nitrogen and oxygen atoms in total. The zero-order chi connectivity index (χ0) is 14.3. The third-order valence-electron chi connectivity index (χ3n) is 3.96. The van der Waals surface area contributed by atoms with Crippen molar-refractivity contribution in [2.45, 2.75) is 53.0 Å². The summed E-state index contributed by atoms with van der Waals surface area (Å²) < 4.78 is 0. The van der Waals surface area contributed by atoms with Gasteiger partial charge in [-0.05, 0) is 25.3 Å². The van der Waals surface area contributed by atoms with Crippen LogP contribution in [0.4, 0.5) is 0 Å². The largest absolute Gasteiger partial charge is 0.481 e. The second-order valence-electron chi connectivity index (χ2n) is 5.16. The average Bonchev–Trinajstić information content (AvgIpc) is 2.33. The van der Waals surface area contributed by atoms with E-state index >= 15 is 0 Å². The van der Waals surface area contributed by atoms with Crippen molar-refractivity contribution in [1.29, 1.82) is 0 Å². The first kappa shape index (κ1) is 16.9. The highest BCUT2D eigenvalue weighted by molar-refractivity contribution is 5.82. The van der Waals surface area contributed by atoms with Crippen LogP contribution in [-0.4, -0.2) is 34.7 Å². The molecule has 0 saturated carbocycles. The fourth-order valence-corrected chi connectivity index (χ4v) is 1.75. The number of nitrogens with one attached hydrogen (secondary N) is 1. The zero-order valence-electron chi connectivity index (χ0n) is 11.7. The van der Waals surface area contributed by atoms with Gasteiger partial charge in [-0.2, -0.15) is 0 Å². The van der Waals surface area contributed by atoms with Gasteiger partial charge in [0.05, 0.1) is 5.92 Å². The molecule has 18 heavy (non-hydrogen) atoms. The van der Waals surface area contributed by atoms with Crippen molar-refractivity contribution in [2.24, 2.45) is 11.3 Å². The van der Waals surface area contributed by atoms with Crippen LogP contribution in [0.1, 0.15) is 47.0 Å². The smallest absolute Gasteiger partial charge is 0.321 e. The van der Waals surface area contributed by atoms with E-state index in [1.165, 1.54) is 6.92 Å². The molecule has 0 aliphatic rings. The number of carbonyl (C=O) groups is 2. The highest BCUT2D eigenvalue weighted by atomic mass is 16.4. The van der Waals surface area contributed by atoms with E-state index < -0.39 is 23.9 Å². The monoisotopic (exact) mass is 259 g/mol. The van der Waals surface area contributed by atoms with Crippen molar-refractivity contribution in [3.05, 3.63) is 0 Å². The lowest BCUT2D eigenvalue weighted by molar-refractivity contribution is -0.150. The van der Waals surface area contributed by atoms with Crippen LogP contribution in [-0.2, 0) is 9.59 Å². The van der Waals surface area contributed by atoms with E-state index in [2.05, 4.69) is 26.1 Å². The van der Waals surface area contributed by atoms with Crippen molar-refractivity contribution in [1.82, 2.24) is 5.32 Å². The molecule has 0 aromatic rings. The number of aliphatic carboxylic acids is 2. The maximum atomic E-state index is 11.0. The molecule has 0 heterocycles.